The van der Waals surface area contributed by atoms with Gasteiger partial charge in [0.15, 0.2) is 5.79 Å². The first-order chi connectivity index (χ1) is 8.56. The molecule has 1 N–H and O–H groups in total. The zero-order chi connectivity index (χ0) is 12.8. The minimum atomic E-state index is -0.555. The molecule has 1 spiro atoms. The molecule has 2 aliphatic rings. The monoisotopic (exact) mass is 247 g/mol. The highest BCUT2D eigenvalue weighted by atomic mass is 16.7. The molecule has 1 aromatic carbocycles. The van der Waals surface area contributed by atoms with Gasteiger partial charge in [0, 0.05) is 5.56 Å². The predicted octanol–water partition coefficient (Wildman–Crippen LogP) is 2.19. The lowest BCUT2D eigenvalue weighted by molar-refractivity contribution is -0.272. The summed E-state index contributed by atoms with van der Waals surface area (Å²) >= 11 is 0. The highest BCUT2D eigenvalue weighted by Gasteiger charge is 2.49. The Morgan fingerprint density at radius 1 is 1.17 bits per heavy atom. The maximum atomic E-state index is 9.34. The Labute approximate surface area is 106 Å². The molecule has 1 aliphatic carbocycles. The van der Waals surface area contributed by atoms with Gasteiger partial charge in [-0.15, -0.1) is 0 Å². The van der Waals surface area contributed by atoms with Gasteiger partial charge in [0.25, 0.3) is 0 Å². The third-order valence-corrected chi connectivity index (χ3v) is 3.80. The van der Waals surface area contributed by atoms with Crippen molar-refractivity contribution >= 4 is 5.71 Å². The van der Waals surface area contributed by atoms with Crippen molar-refractivity contribution in [1.82, 2.24) is 0 Å². The summed E-state index contributed by atoms with van der Waals surface area (Å²) in [5, 5.41) is 12.8. The van der Waals surface area contributed by atoms with Crippen LogP contribution < -0.4 is 0 Å². The first-order valence-corrected chi connectivity index (χ1v) is 6.15. The molecule has 0 amide bonds. The van der Waals surface area contributed by atoms with Gasteiger partial charge in [-0.25, -0.2) is 0 Å². The fourth-order valence-electron chi connectivity index (χ4n) is 2.75. The number of rotatable bonds is 0. The molecule has 1 aliphatic heterocycles. The summed E-state index contributed by atoms with van der Waals surface area (Å²) < 4.78 is 11.5. The van der Waals surface area contributed by atoms with E-state index in [1.54, 1.807) is 0 Å². The van der Waals surface area contributed by atoms with Crippen LogP contribution >= 0.6 is 0 Å². The number of hydrogen-bond donors (Lipinski definition) is 1. The van der Waals surface area contributed by atoms with E-state index in [-0.39, 0.29) is 5.41 Å². The zero-order valence-electron chi connectivity index (χ0n) is 10.6. The minimum absolute atomic E-state index is 0.339. The molecule has 0 atom stereocenters. The molecule has 1 aromatic rings. The Balaban J connectivity index is 1.97. The van der Waals surface area contributed by atoms with Gasteiger partial charge in [0.05, 0.1) is 24.3 Å². The number of ether oxygens (including phenoxy) is 2. The van der Waals surface area contributed by atoms with E-state index >= 15 is 0 Å². The van der Waals surface area contributed by atoms with Gasteiger partial charge in [-0.2, -0.15) is 0 Å². The molecule has 4 nitrogen and oxygen atoms in total. The first kappa shape index (κ1) is 11.7. The molecule has 0 radical (unpaired) electrons. The van der Waals surface area contributed by atoms with Crippen molar-refractivity contribution in [2.24, 2.45) is 10.6 Å². The molecule has 1 saturated heterocycles. The van der Waals surface area contributed by atoms with E-state index in [0.717, 1.165) is 12.0 Å². The smallest absolute Gasteiger partial charge is 0.162 e. The highest BCUT2D eigenvalue weighted by Crippen LogP contribution is 2.42. The van der Waals surface area contributed by atoms with Crippen molar-refractivity contribution in [3.8, 4) is 0 Å². The molecule has 4 heteroatoms. The third-order valence-electron chi connectivity index (χ3n) is 3.80. The number of nitrogens with zero attached hydrogens (tertiary/aromatic N) is 1. The van der Waals surface area contributed by atoms with Gasteiger partial charge >= 0.3 is 0 Å². The van der Waals surface area contributed by atoms with Crippen LogP contribution in [0.5, 0.6) is 0 Å². The Morgan fingerprint density at radius 2 is 1.83 bits per heavy atom. The van der Waals surface area contributed by atoms with Crippen molar-refractivity contribution in [3.05, 3.63) is 35.4 Å². The number of fused-ring (bicyclic) bond motifs is 1. The lowest BCUT2D eigenvalue weighted by Gasteiger charge is -2.41. The normalized spacial score (nSPS) is 26.4. The molecule has 0 saturated carbocycles. The molecule has 1 fully saturated rings. The van der Waals surface area contributed by atoms with Crippen molar-refractivity contribution in [1.29, 1.82) is 0 Å². The number of oxime groups is 1. The lowest BCUT2D eigenvalue weighted by Crippen LogP contribution is -2.49. The van der Waals surface area contributed by atoms with Crippen LogP contribution in [0.4, 0.5) is 0 Å². The van der Waals surface area contributed by atoms with Crippen molar-refractivity contribution in [3.63, 3.8) is 0 Å². The molecular weight excluding hydrogens is 230 g/mol. The van der Waals surface area contributed by atoms with Crippen LogP contribution in [0.25, 0.3) is 0 Å². The lowest BCUT2D eigenvalue weighted by atomic mass is 9.84. The maximum absolute atomic E-state index is 9.34. The summed E-state index contributed by atoms with van der Waals surface area (Å²) in [6.45, 7) is 4.84. The number of hydrogen-bond acceptors (Lipinski definition) is 4. The first-order valence-electron chi connectivity index (χ1n) is 6.15. The van der Waals surface area contributed by atoms with E-state index in [0.29, 0.717) is 18.9 Å². The van der Waals surface area contributed by atoms with Crippen molar-refractivity contribution < 1.29 is 14.7 Å². The van der Waals surface area contributed by atoms with E-state index in [1.807, 2.05) is 32.0 Å². The van der Waals surface area contributed by atoms with Crippen molar-refractivity contribution in [2.45, 2.75) is 26.1 Å². The van der Waals surface area contributed by atoms with Crippen molar-refractivity contribution in [2.75, 3.05) is 13.2 Å². The van der Waals surface area contributed by atoms with E-state index in [1.165, 1.54) is 5.56 Å². The highest BCUT2D eigenvalue weighted by molar-refractivity contribution is 6.08. The average Bonchev–Trinajstić information content (AvgIpc) is 2.67. The van der Waals surface area contributed by atoms with E-state index in [9.17, 15) is 5.21 Å². The number of benzene rings is 1. The Kier molecular flexibility index (Phi) is 2.47. The second kappa shape index (κ2) is 3.80. The standard InChI is InChI=1S/C14H17NO3/c1-13(2)17-8-14(9-18-13)7-10-5-3-4-6-11(10)12(14)15-16/h3-6,16H,7-9H2,1-2H3/b15-12+. The molecule has 3 rings (SSSR count). The molecule has 96 valence electrons. The summed E-state index contributed by atoms with van der Waals surface area (Å²) in [6, 6.07) is 8.01. The topological polar surface area (TPSA) is 51.0 Å². The van der Waals surface area contributed by atoms with E-state index in [2.05, 4.69) is 11.2 Å². The van der Waals surface area contributed by atoms with Crippen LogP contribution in [0.1, 0.15) is 25.0 Å². The van der Waals surface area contributed by atoms with Crippen LogP contribution in [0, 0.1) is 5.41 Å². The van der Waals surface area contributed by atoms with Crippen LogP contribution in [0.3, 0.4) is 0 Å². The van der Waals surface area contributed by atoms with Gasteiger partial charge < -0.3 is 14.7 Å². The van der Waals surface area contributed by atoms with E-state index in [4.69, 9.17) is 9.47 Å². The Morgan fingerprint density at radius 3 is 2.50 bits per heavy atom. The van der Waals surface area contributed by atoms with Gasteiger partial charge in [-0.05, 0) is 25.8 Å². The van der Waals surface area contributed by atoms with Gasteiger partial charge in [0.2, 0.25) is 0 Å². The van der Waals surface area contributed by atoms with Crippen LogP contribution in [-0.2, 0) is 15.9 Å². The third kappa shape index (κ3) is 1.64. The van der Waals surface area contributed by atoms with Gasteiger partial charge in [-0.1, -0.05) is 29.4 Å². The summed E-state index contributed by atoms with van der Waals surface area (Å²) in [6.07, 6.45) is 0.804. The molecule has 1 heterocycles. The average molecular weight is 247 g/mol. The van der Waals surface area contributed by atoms with Gasteiger partial charge in [0.1, 0.15) is 0 Å². The molecule has 0 aromatic heterocycles. The van der Waals surface area contributed by atoms with Crippen LogP contribution in [0.2, 0.25) is 0 Å². The predicted molar refractivity (Wildman–Crippen MR) is 66.9 cm³/mol. The second-order valence-corrected chi connectivity index (χ2v) is 5.54. The molecule has 18 heavy (non-hydrogen) atoms. The largest absolute Gasteiger partial charge is 0.411 e. The summed E-state index contributed by atoms with van der Waals surface area (Å²) in [5.41, 5.74) is 2.55. The molecule has 0 unspecified atom stereocenters. The molecular formula is C14H17NO3. The zero-order valence-corrected chi connectivity index (χ0v) is 10.6. The summed E-state index contributed by atoms with van der Waals surface area (Å²) in [5.74, 6) is -0.555. The summed E-state index contributed by atoms with van der Waals surface area (Å²) in [4.78, 5) is 0. The van der Waals surface area contributed by atoms with Gasteiger partial charge in [-0.3, -0.25) is 0 Å². The Hall–Kier alpha value is -1.39. The summed E-state index contributed by atoms with van der Waals surface area (Å²) in [7, 11) is 0. The minimum Gasteiger partial charge on any atom is -0.411 e. The second-order valence-electron chi connectivity index (χ2n) is 5.54. The van der Waals surface area contributed by atoms with Crippen LogP contribution in [0.15, 0.2) is 29.4 Å². The van der Waals surface area contributed by atoms with Crippen LogP contribution in [-0.4, -0.2) is 29.9 Å². The fraction of sp³-hybridized carbons (Fsp3) is 0.500. The van der Waals surface area contributed by atoms with E-state index < -0.39 is 5.79 Å². The fourth-order valence-corrected chi connectivity index (χ4v) is 2.75. The molecule has 0 bridgehead atoms. The quantitative estimate of drug-likeness (QED) is 0.564. The maximum Gasteiger partial charge on any atom is 0.162 e. The SMILES string of the molecule is CC1(C)OCC2(CO1)Cc1ccccc1/C2=N\O. The Bertz CT molecular complexity index is 498.